The van der Waals surface area contributed by atoms with Crippen molar-refractivity contribution < 1.29 is 19.1 Å². The average molecular weight is 386 g/mol. The fourth-order valence-electron chi connectivity index (χ4n) is 1.54. The highest BCUT2D eigenvalue weighted by atomic mass is 127. The van der Waals surface area contributed by atoms with E-state index in [2.05, 4.69) is 10.3 Å². The number of amides is 1. The summed E-state index contributed by atoms with van der Waals surface area (Å²) in [5, 5.41) is 11.5. The maximum absolute atomic E-state index is 13.0. The summed E-state index contributed by atoms with van der Waals surface area (Å²) in [7, 11) is 0. The van der Waals surface area contributed by atoms with Crippen molar-refractivity contribution in [3.8, 4) is 0 Å². The Bertz CT molecular complexity index is 691. The van der Waals surface area contributed by atoms with Crippen LogP contribution in [0.15, 0.2) is 36.7 Å². The molecular formula is C13H8FIN2O3. The van der Waals surface area contributed by atoms with Gasteiger partial charge >= 0.3 is 5.97 Å². The first kappa shape index (κ1) is 14.4. The number of rotatable bonds is 3. The van der Waals surface area contributed by atoms with Gasteiger partial charge in [-0.2, -0.15) is 0 Å². The number of pyridine rings is 1. The van der Waals surface area contributed by atoms with Gasteiger partial charge in [-0.25, -0.2) is 9.18 Å². The van der Waals surface area contributed by atoms with E-state index >= 15 is 0 Å². The normalized spacial score (nSPS) is 10.1. The lowest BCUT2D eigenvalue weighted by molar-refractivity contribution is 0.0698. The summed E-state index contributed by atoms with van der Waals surface area (Å²) >= 11 is 1.83. The highest BCUT2D eigenvalue weighted by Crippen LogP contribution is 2.18. The molecule has 20 heavy (non-hydrogen) atoms. The van der Waals surface area contributed by atoms with Gasteiger partial charge in [0.15, 0.2) is 0 Å². The van der Waals surface area contributed by atoms with Gasteiger partial charge < -0.3 is 10.4 Å². The molecule has 102 valence electrons. The zero-order valence-corrected chi connectivity index (χ0v) is 12.1. The molecule has 2 rings (SSSR count). The molecule has 0 unspecified atom stereocenters. The van der Waals surface area contributed by atoms with Crippen LogP contribution < -0.4 is 5.32 Å². The van der Waals surface area contributed by atoms with Crippen LogP contribution in [0, 0.1) is 9.39 Å². The van der Waals surface area contributed by atoms with E-state index in [1.165, 1.54) is 36.7 Å². The minimum atomic E-state index is -1.17. The summed E-state index contributed by atoms with van der Waals surface area (Å²) < 4.78 is 13.4. The van der Waals surface area contributed by atoms with E-state index in [-0.39, 0.29) is 16.8 Å². The molecular weight excluding hydrogens is 378 g/mol. The molecule has 1 amide bonds. The lowest BCUT2D eigenvalue weighted by atomic mass is 10.2. The third-order valence-corrected chi connectivity index (χ3v) is 3.37. The molecule has 5 nitrogen and oxygen atoms in total. The van der Waals surface area contributed by atoms with Gasteiger partial charge in [-0.1, -0.05) is 0 Å². The Hall–Kier alpha value is -2.03. The molecule has 0 atom stereocenters. The Morgan fingerprint density at radius 1 is 1.25 bits per heavy atom. The zero-order valence-electron chi connectivity index (χ0n) is 9.93. The van der Waals surface area contributed by atoms with Crippen LogP contribution in [0.3, 0.4) is 0 Å². The Labute approximate surface area is 127 Å². The largest absolute Gasteiger partial charge is 0.478 e. The van der Waals surface area contributed by atoms with E-state index in [4.69, 9.17) is 5.11 Å². The van der Waals surface area contributed by atoms with Crippen LogP contribution in [0.5, 0.6) is 0 Å². The van der Waals surface area contributed by atoms with Gasteiger partial charge in [0, 0.05) is 9.77 Å². The van der Waals surface area contributed by atoms with Crippen LogP contribution in [-0.4, -0.2) is 22.0 Å². The smallest absolute Gasteiger partial charge is 0.337 e. The predicted octanol–water partition coefficient (Wildman–Crippen LogP) is 2.78. The van der Waals surface area contributed by atoms with Gasteiger partial charge in [-0.05, 0) is 46.9 Å². The first-order valence-electron chi connectivity index (χ1n) is 5.42. The van der Waals surface area contributed by atoms with Crippen molar-refractivity contribution in [2.24, 2.45) is 0 Å². The monoisotopic (exact) mass is 386 g/mol. The first-order valence-corrected chi connectivity index (χ1v) is 6.50. The standard InChI is InChI=1S/C13H8FIN2O3/c14-7-1-2-8(10(15)5-7)12(18)17-11-6-16-4-3-9(11)13(19)20/h1-6H,(H,17,18)(H,19,20). The summed E-state index contributed by atoms with van der Waals surface area (Å²) in [6.45, 7) is 0. The Kier molecular flexibility index (Phi) is 4.28. The molecule has 7 heteroatoms. The number of nitrogens with zero attached hydrogens (tertiary/aromatic N) is 1. The average Bonchev–Trinajstić information content (AvgIpc) is 2.38. The van der Waals surface area contributed by atoms with Crippen LogP contribution >= 0.6 is 22.6 Å². The third-order valence-electron chi connectivity index (χ3n) is 2.48. The van der Waals surface area contributed by atoms with Crippen molar-refractivity contribution >= 4 is 40.2 Å². The molecule has 0 aliphatic carbocycles. The molecule has 0 spiro atoms. The summed E-state index contributed by atoms with van der Waals surface area (Å²) in [5.41, 5.74) is 0.280. The minimum Gasteiger partial charge on any atom is -0.478 e. The van der Waals surface area contributed by atoms with Gasteiger partial charge in [-0.15, -0.1) is 0 Å². The number of halogens is 2. The van der Waals surface area contributed by atoms with Crippen LogP contribution in [-0.2, 0) is 0 Å². The van der Waals surface area contributed by atoms with E-state index in [9.17, 15) is 14.0 Å². The fourth-order valence-corrected chi connectivity index (χ4v) is 2.27. The number of carboxylic acids is 1. The molecule has 0 fully saturated rings. The minimum absolute atomic E-state index is 0.0644. The Morgan fingerprint density at radius 3 is 2.65 bits per heavy atom. The summed E-state index contributed by atoms with van der Waals surface area (Å²) in [5.74, 6) is -2.14. The number of anilines is 1. The number of carbonyl (C=O) groups excluding carboxylic acids is 1. The van der Waals surface area contributed by atoms with Crippen LogP contribution in [0.2, 0.25) is 0 Å². The van der Waals surface area contributed by atoms with Gasteiger partial charge in [0.25, 0.3) is 5.91 Å². The van der Waals surface area contributed by atoms with Gasteiger partial charge in [0.1, 0.15) is 5.82 Å². The number of aromatic nitrogens is 1. The van der Waals surface area contributed by atoms with Crippen molar-refractivity contribution in [2.75, 3.05) is 5.32 Å². The van der Waals surface area contributed by atoms with Crippen LogP contribution in [0.1, 0.15) is 20.7 Å². The van der Waals surface area contributed by atoms with Crippen LogP contribution in [0.25, 0.3) is 0 Å². The molecule has 2 aromatic rings. The van der Waals surface area contributed by atoms with Crippen molar-refractivity contribution in [2.45, 2.75) is 0 Å². The molecule has 2 N–H and O–H groups in total. The van der Waals surface area contributed by atoms with Gasteiger partial charge in [0.2, 0.25) is 0 Å². The number of hydrogen-bond acceptors (Lipinski definition) is 3. The molecule has 0 bridgehead atoms. The molecule has 0 aliphatic rings. The van der Waals surface area contributed by atoms with Crippen LogP contribution in [0.4, 0.5) is 10.1 Å². The van der Waals surface area contributed by atoms with E-state index < -0.39 is 17.7 Å². The van der Waals surface area contributed by atoms with Gasteiger partial charge in [-0.3, -0.25) is 9.78 Å². The number of aromatic carboxylic acids is 1. The molecule has 1 aromatic carbocycles. The fraction of sp³-hybridized carbons (Fsp3) is 0. The summed E-state index contributed by atoms with van der Waals surface area (Å²) in [6.07, 6.45) is 2.57. The molecule has 0 radical (unpaired) electrons. The Balaban J connectivity index is 2.30. The maximum atomic E-state index is 13.0. The SMILES string of the molecule is O=C(Nc1cnccc1C(=O)O)c1ccc(F)cc1I. The van der Waals surface area contributed by atoms with E-state index in [1.807, 2.05) is 22.6 Å². The van der Waals surface area contributed by atoms with Crippen molar-refractivity contribution in [1.82, 2.24) is 4.98 Å². The van der Waals surface area contributed by atoms with E-state index in [0.29, 0.717) is 3.57 Å². The second kappa shape index (κ2) is 5.95. The van der Waals surface area contributed by atoms with Crippen molar-refractivity contribution in [1.29, 1.82) is 0 Å². The lowest BCUT2D eigenvalue weighted by Crippen LogP contribution is -2.16. The highest BCUT2D eigenvalue weighted by Gasteiger charge is 2.15. The number of carbonyl (C=O) groups is 2. The maximum Gasteiger partial charge on any atom is 0.337 e. The number of hydrogen-bond donors (Lipinski definition) is 2. The molecule has 0 saturated heterocycles. The summed E-state index contributed by atoms with van der Waals surface area (Å²) in [6, 6.07) is 5.01. The zero-order chi connectivity index (χ0) is 14.7. The topological polar surface area (TPSA) is 79.3 Å². The second-order valence-corrected chi connectivity index (χ2v) is 4.97. The van der Waals surface area contributed by atoms with Crippen molar-refractivity contribution in [3.05, 3.63) is 57.2 Å². The Morgan fingerprint density at radius 2 is 2.00 bits per heavy atom. The highest BCUT2D eigenvalue weighted by molar-refractivity contribution is 14.1. The van der Waals surface area contributed by atoms with E-state index in [1.54, 1.807) is 0 Å². The summed E-state index contributed by atoms with van der Waals surface area (Å²) in [4.78, 5) is 26.9. The quantitative estimate of drug-likeness (QED) is 0.796. The van der Waals surface area contributed by atoms with Crippen molar-refractivity contribution in [3.63, 3.8) is 0 Å². The molecule has 1 aromatic heterocycles. The second-order valence-electron chi connectivity index (χ2n) is 3.80. The predicted molar refractivity (Wildman–Crippen MR) is 78.3 cm³/mol. The molecule has 0 saturated carbocycles. The first-order chi connectivity index (χ1) is 9.49. The number of benzene rings is 1. The van der Waals surface area contributed by atoms with Gasteiger partial charge in [0.05, 0.1) is 23.0 Å². The number of carboxylic acid groups (broad SMARTS) is 1. The molecule has 1 heterocycles. The number of nitrogens with one attached hydrogen (secondary N) is 1. The third kappa shape index (κ3) is 3.10. The molecule has 0 aliphatic heterocycles. The van der Waals surface area contributed by atoms with E-state index in [0.717, 1.165) is 0 Å². The lowest BCUT2D eigenvalue weighted by Gasteiger charge is -2.09.